The van der Waals surface area contributed by atoms with Crippen molar-refractivity contribution in [1.82, 2.24) is 20.0 Å². The summed E-state index contributed by atoms with van der Waals surface area (Å²) in [6.45, 7) is 1.95. The highest BCUT2D eigenvalue weighted by Gasteiger charge is 2.14. The lowest BCUT2D eigenvalue weighted by Gasteiger charge is -2.13. The second-order valence-electron chi connectivity index (χ2n) is 5.65. The topological polar surface area (TPSA) is 52.8 Å². The van der Waals surface area contributed by atoms with Gasteiger partial charge in [0, 0.05) is 16.6 Å². The van der Waals surface area contributed by atoms with E-state index in [1.165, 1.54) is 0 Å². The molecule has 6 heteroatoms. The molecule has 0 spiro atoms. The number of nitrogens with zero attached hydrogens (tertiary/aromatic N) is 4. The molecule has 25 heavy (non-hydrogen) atoms. The van der Waals surface area contributed by atoms with E-state index in [9.17, 15) is 0 Å². The summed E-state index contributed by atoms with van der Waals surface area (Å²) in [4.78, 5) is 4.35. The molecule has 0 bridgehead atoms. The molecule has 0 radical (unpaired) electrons. The average molecular weight is 351 g/mol. The van der Waals surface area contributed by atoms with Gasteiger partial charge in [-0.15, -0.1) is 5.10 Å². The molecule has 0 fully saturated rings. The highest BCUT2D eigenvalue weighted by Crippen LogP contribution is 2.28. The molecule has 0 unspecified atom stereocenters. The van der Waals surface area contributed by atoms with Crippen LogP contribution in [0.5, 0.6) is 5.75 Å². The number of halogens is 1. The van der Waals surface area contributed by atoms with E-state index in [1.54, 1.807) is 10.9 Å². The fraction of sp³-hybridized carbons (Fsp3) is 0.105. The van der Waals surface area contributed by atoms with Crippen molar-refractivity contribution in [3.8, 4) is 11.4 Å². The first-order chi connectivity index (χ1) is 12.2. The van der Waals surface area contributed by atoms with E-state index >= 15 is 0 Å². The molecule has 2 heterocycles. The standard InChI is InChI=1S/C19H15ClN4O/c1-13(25-19-6-2-5-17-16(19)4-3-11-21-17)18-12-24(23-22-18)15-9-7-14(20)8-10-15/h2-13H,1H3/t13-/m1/s1. The molecule has 0 saturated carbocycles. The lowest BCUT2D eigenvalue weighted by molar-refractivity contribution is 0.224. The molecule has 2 aromatic heterocycles. The van der Waals surface area contributed by atoms with Crippen molar-refractivity contribution in [1.29, 1.82) is 0 Å². The van der Waals surface area contributed by atoms with E-state index in [-0.39, 0.29) is 6.10 Å². The number of hydrogen-bond donors (Lipinski definition) is 0. The third kappa shape index (κ3) is 3.19. The fourth-order valence-electron chi connectivity index (χ4n) is 2.61. The summed E-state index contributed by atoms with van der Waals surface area (Å²) < 4.78 is 7.81. The first kappa shape index (κ1) is 15.6. The minimum atomic E-state index is -0.244. The van der Waals surface area contributed by atoms with Gasteiger partial charge in [-0.1, -0.05) is 22.9 Å². The van der Waals surface area contributed by atoms with Gasteiger partial charge < -0.3 is 4.74 Å². The molecule has 2 aromatic carbocycles. The van der Waals surface area contributed by atoms with Crippen molar-refractivity contribution < 1.29 is 4.74 Å². The highest BCUT2D eigenvalue weighted by molar-refractivity contribution is 6.30. The Kier molecular flexibility index (Phi) is 4.07. The number of benzene rings is 2. The zero-order valence-corrected chi connectivity index (χ0v) is 14.3. The van der Waals surface area contributed by atoms with E-state index in [0.29, 0.717) is 5.02 Å². The van der Waals surface area contributed by atoms with Crippen molar-refractivity contribution in [2.24, 2.45) is 0 Å². The van der Waals surface area contributed by atoms with E-state index in [1.807, 2.05) is 67.7 Å². The van der Waals surface area contributed by atoms with Crippen LogP contribution < -0.4 is 4.74 Å². The van der Waals surface area contributed by atoms with Crippen LogP contribution >= 0.6 is 11.6 Å². The van der Waals surface area contributed by atoms with Crippen molar-refractivity contribution in [3.63, 3.8) is 0 Å². The summed E-state index contributed by atoms with van der Waals surface area (Å²) in [5.41, 5.74) is 2.54. The Labute approximate surface area is 149 Å². The number of ether oxygens (including phenoxy) is 1. The Morgan fingerprint density at radius 2 is 1.88 bits per heavy atom. The fourth-order valence-corrected chi connectivity index (χ4v) is 2.74. The van der Waals surface area contributed by atoms with Gasteiger partial charge in [0.15, 0.2) is 0 Å². The van der Waals surface area contributed by atoms with Crippen molar-refractivity contribution >= 4 is 22.5 Å². The smallest absolute Gasteiger partial charge is 0.141 e. The van der Waals surface area contributed by atoms with Crippen LogP contribution in [-0.2, 0) is 0 Å². The Hall–Kier alpha value is -2.92. The molecular formula is C19H15ClN4O. The molecule has 5 nitrogen and oxygen atoms in total. The van der Waals surface area contributed by atoms with Crippen LogP contribution in [0.3, 0.4) is 0 Å². The number of aromatic nitrogens is 4. The number of pyridine rings is 1. The third-order valence-corrected chi connectivity index (χ3v) is 4.18. The van der Waals surface area contributed by atoms with Gasteiger partial charge in [-0.2, -0.15) is 0 Å². The molecule has 4 aromatic rings. The monoisotopic (exact) mass is 350 g/mol. The van der Waals surface area contributed by atoms with Gasteiger partial charge in [-0.05, 0) is 55.5 Å². The summed E-state index contributed by atoms with van der Waals surface area (Å²) in [7, 11) is 0. The molecule has 4 rings (SSSR count). The van der Waals surface area contributed by atoms with E-state index in [4.69, 9.17) is 16.3 Å². The van der Waals surface area contributed by atoms with Gasteiger partial charge >= 0.3 is 0 Å². The normalized spacial score (nSPS) is 12.2. The second-order valence-corrected chi connectivity index (χ2v) is 6.09. The van der Waals surface area contributed by atoms with E-state index in [2.05, 4.69) is 15.3 Å². The minimum absolute atomic E-state index is 0.244. The second kappa shape index (κ2) is 6.53. The molecule has 0 saturated heterocycles. The SMILES string of the molecule is C[C@@H](Oc1cccc2ncccc12)c1cn(-c2ccc(Cl)cc2)nn1. The van der Waals surface area contributed by atoms with E-state index in [0.717, 1.165) is 28.0 Å². The first-order valence-electron chi connectivity index (χ1n) is 7.89. The van der Waals surface area contributed by atoms with Gasteiger partial charge in [0.25, 0.3) is 0 Å². The van der Waals surface area contributed by atoms with Crippen LogP contribution in [0.15, 0.2) is 67.0 Å². The highest BCUT2D eigenvalue weighted by atomic mass is 35.5. The lowest BCUT2D eigenvalue weighted by atomic mass is 10.2. The van der Waals surface area contributed by atoms with Crippen molar-refractivity contribution in [3.05, 3.63) is 77.7 Å². The van der Waals surface area contributed by atoms with E-state index < -0.39 is 0 Å². The molecule has 0 N–H and O–H groups in total. The molecule has 1 atom stereocenters. The van der Waals surface area contributed by atoms with Crippen LogP contribution in [0.25, 0.3) is 16.6 Å². The van der Waals surface area contributed by atoms with Crippen molar-refractivity contribution in [2.75, 3.05) is 0 Å². The Balaban J connectivity index is 1.59. The van der Waals surface area contributed by atoms with Crippen LogP contribution in [0, 0.1) is 0 Å². The molecule has 0 aliphatic carbocycles. The zero-order chi connectivity index (χ0) is 17.2. The minimum Gasteiger partial charge on any atom is -0.484 e. The third-order valence-electron chi connectivity index (χ3n) is 3.93. The van der Waals surface area contributed by atoms with Crippen molar-refractivity contribution in [2.45, 2.75) is 13.0 Å². The van der Waals surface area contributed by atoms with Gasteiger partial charge in [0.05, 0.1) is 17.4 Å². The Bertz CT molecular complexity index is 1010. The quantitative estimate of drug-likeness (QED) is 0.539. The maximum absolute atomic E-state index is 6.11. The maximum Gasteiger partial charge on any atom is 0.141 e. The maximum atomic E-state index is 6.11. The molecule has 0 amide bonds. The van der Waals surface area contributed by atoms with Gasteiger partial charge in [0.1, 0.15) is 17.5 Å². The number of fused-ring (bicyclic) bond motifs is 1. The van der Waals surface area contributed by atoms with Crippen LogP contribution in [0.4, 0.5) is 0 Å². The predicted octanol–water partition coefficient (Wildman–Crippen LogP) is 4.61. The molecule has 0 aliphatic heterocycles. The zero-order valence-electron chi connectivity index (χ0n) is 13.5. The summed E-state index contributed by atoms with van der Waals surface area (Å²) >= 11 is 5.92. The summed E-state index contributed by atoms with van der Waals surface area (Å²) in [5, 5.41) is 10.1. The van der Waals surface area contributed by atoms with Gasteiger partial charge in [-0.25, -0.2) is 4.68 Å². The van der Waals surface area contributed by atoms with Crippen LogP contribution in [0.1, 0.15) is 18.7 Å². The number of hydrogen-bond acceptors (Lipinski definition) is 4. The molecular weight excluding hydrogens is 336 g/mol. The van der Waals surface area contributed by atoms with Crippen LogP contribution in [0.2, 0.25) is 5.02 Å². The van der Waals surface area contributed by atoms with Gasteiger partial charge in [-0.3, -0.25) is 4.98 Å². The average Bonchev–Trinajstić information content (AvgIpc) is 3.13. The predicted molar refractivity (Wildman–Crippen MR) is 97.2 cm³/mol. The first-order valence-corrected chi connectivity index (χ1v) is 8.27. The molecule has 0 aliphatic rings. The lowest BCUT2D eigenvalue weighted by Crippen LogP contribution is -2.04. The molecule has 124 valence electrons. The largest absolute Gasteiger partial charge is 0.484 e. The summed E-state index contributed by atoms with van der Waals surface area (Å²) in [6.07, 6.45) is 3.39. The summed E-state index contributed by atoms with van der Waals surface area (Å²) in [5.74, 6) is 0.777. The Morgan fingerprint density at radius 3 is 2.72 bits per heavy atom. The number of rotatable bonds is 4. The Morgan fingerprint density at radius 1 is 1.04 bits per heavy atom. The summed E-state index contributed by atoms with van der Waals surface area (Å²) in [6, 6.07) is 17.1. The van der Waals surface area contributed by atoms with Gasteiger partial charge in [0.2, 0.25) is 0 Å². The van der Waals surface area contributed by atoms with Crippen LogP contribution in [-0.4, -0.2) is 20.0 Å².